The number of hydrazone groups is 1. The van der Waals surface area contributed by atoms with Gasteiger partial charge in [-0.25, -0.2) is 5.43 Å². The fourth-order valence-corrected chi connectivity index (χ4v) is 4.06. The maximum atomic E-state index is 12.4. The fourth-order valence-electron chi connectivity index (χ4n) is 2.72. The van der Waals surface area contributed by atoms with Crippen LogP contribution in [-0.4, -0.2) is 25.5 Å². The standard InChI is InChI=1S/C19H14Br2N2O5/c1-2-25-14-7-16-15(26-9-27-16)5-11(14)8-22-23-19(24)17-4-10-3-12(20)6-13(21)18(10)28-17/h3-8H,2,9H2,1H3,(H,23,24)/b22-8-. The molecule has 4 rings (SSSR count). The second kappa shape index (κ2) is 7.84. The number of fused-ring (bicyclic) bond motifs is 2. The minimum absolute atomic E-state index is 0.154. The Morgan fingerprint density at radius 1 is 1.21 bits per heavy atom. The van der Waals surface area contributed by atoms with E-state index >= 15 is 0 Å². The molecule has 1 N–H and O–H groups in total. The molecule has 0 radical (unpaired) electrons. The number of hydrogen-bond acceptors (Lipinski definition) is 6. The van der Waals surface area contributed by atoms with Crippen LogP contribution in [0.5, 0.6) is 17.2 Å². The second-order valence-corrected chi connectivity index (χ2v) is 7.56. The van der Waals surface area contributed by atoms with Crippen molar-refractivity contribution in [3.63, 3.8) is 0 Å². The number of ether oxygens (including phenoxy) is 3. The SMILES string of the molecule is CCOc1cc2c(cc1/C=N\NC(=O)c1cc3cc(Br)cc(Br)c3o1)OCO2. The number of nitrogens with zero attached hydrogens (tertiary/aromatic N) is 1. The van der Waals surface area contributed by atoms with Crippen LogP contribution < -0.4 is 19.6 Å². The number of benzene rings is 2. The van der Waals surface area contributed by atoms with Gasteiger partial charge in [0.1, 0.15) is 11.3 Å². The Morgan fingerprint density at radius 3 is 2.79 bits per heavy atom. The highest BCUT2D eigenvalue weighted by molar-refractivity contribution is 9.11. The van der Waals surface area contributed by atoms with Crippen molar-refractivity contribution in [2.24, 2.45) is 5.10 Å². The van der Waals surface area contributed by atoms with Crippen LogP contribution in [0.15, 0.2) is 48.8 Å². The largest absolute Gasteiger partial charge is 0.493 e. The van der Waals surface area contributed by atoms with E-state index in [2.05, 4.69) is 42.4 Å². The average Bonchev–Trinajstić information content (AvgIpc) is 3.28. The summed E-state index contributed by atoms with van der Waals surface area (Å²) in [7, 11) is 0. The Bertz CT molecular complexity index is 1090. The van der Waals surface area contributed by atoms with E-state index in [9.17, 15) is 4.79 Å². The molecule has 0 bridgehead atoms. The van der Waals surface area contributed by atoms with Gasteiger partial charge in [0.2, 0.25) is 6.79 Å². The van der Waals surface area contributed by atoms with E-state index in [0.29, 0.717) is 35.0 Å². The third kappa shape index (κ3) is 3.72. The minimum Gasteiger partial charge on any atom is -0.493 e. The molecule has 0 fully saturated rings. The van der Waals surface area contributed by atoms with Crippen LogP contribution in [0, 0.1) is 0 Å². The van der Waals surface area contributed by atoms with E-state index in [-0.39, 0.29) is 12.6 Å². The summed E-state index contributed by atoms with van der Waals surface area (Å²) < 4.78 is 23.6. The van der Waals surface area contributed by atoms with Crippen molar-refractivity contribution in [1.82, 2.24) is 5.43 Å². The van der Waals surface area contributed by atoms with Crippen LogP contribution in [0.1, 0.15) is 23.0 Å². The molecule has 9 heteroatoms. The first-order chi connectivity index (χ1) is 13.5. The van der Waals surface area contributed by atoms with Crippen LogP contribution in [-0.2, 0) is 0 Å². The highest BCUT2D eigenvalue weighted by Gasteiger charge is 2.18. The maximum absolute atomic E-state index is 12.4. The number of carbonyl (C=O) groups is 1. The first-order valence-corrected chi connectivity index (χ1v) is 9.92. The van der Waals surface area contributed by atoms with Crippen LogP contribution in [0.2, 0.25) is 0 Å². The number of nitrogens with one attached hydrogen (secondary N) is 1. The number of rotatable bonds is 5. The first kappa shape index (κ1) is 18.8. The molecule has 0 atom stereocenters. The van der Waals surface area contributed by atoms with E-state index in [4.69, 9.17) is 18.6 Å². The molecule has 2 heterocycles. The quantitative estimate of drug-likeness (QED) is 0.392. The Labute approximate surface area is 176 Å². The van der Waals surface area contributed by atoms with Crippen molar-refractivity contribution in [3.8, 4) is 17.2 Å². The summed E-state index contributed by atoms with van der Waals surface area (Å²) in [4.78, 5) is 12.4. The summed E-state index contributed by atoms with van der Waals surface area (Å²) in [6, 6.07) is 8.86. The number of halogens is 2. The summed E-state index contributed by atoms with van der Waals surface area (Å²) in [6.45, 7) is 2.53. The zero-order valence-electron chi connectivity index (χ0n) is 14.6. The van der Waals surface area contributed by atoms with Gasteiger partial charge < -0.3 is 18.6 Å². The molecule has 1 aliphatic rings. The number of carbonyl (C=O) groups excluding carboxylic acids is 1. The van der Waals surface area contributed by atoms with E-state index in [1.54, 1.807) is 18.2 Å². The van der Waals surface area contributed by atoms with Gasteiger partial charge >= 0.3 is 5.91 Å². The molecule has 2 aromatic carbocycles. The monoisotopic (exact) mass is 508 g/mol. The third-order valence-electron chi connectivity index (χ3n) is 3.93. The molecule has 0 saturated heterocycles. The summed E-state index contributed by atoms with van der Waals surface area (Å²) >= 11 is 6.83. The van der Waals surface area contributed by atoms with E-state index in [0.717, 1.165) is 14.3 Å². The predicted molar refractivity (Wildman–Crippen MR) is 110 cm³/mol. The zero-order chi connectivity index (χ0) is 19.7. The second-order valence-electron chi connectivity index (χ2n) is 5.79. The molecule has 28 heavy (non-hydrogen) atoms. The summed E-state index contributed by atoms with van der Waals surface area (Å²) in [5.74, 6) is 1.49. The van der Waals surface area contributed by atoms with Gasteiger partial charge in [-0.15, -0.1) is 0 Å². The van der Waals surface area contributed by atoms with Gasteiger partial charge in [-0.2, -0.15) is 5.10 Å². The van der Waals surface area contributed by atoms with Crippen LogP contribution in [0.3, 0.4) is 0 Å². The molecule has 7 nitrogen and oxygen atoms in total. The number of hydrogen-bond donors (Lipinski definition) is 1. The van der Waals surface area contributed by atoms with E-state index in [1.807, 2.05) is 19.1 Å². The lowest BCUT2D eigenvalue weighted by Crippen LogP contribution is -2.16. The van der Waals surface area contributed by atoms with Crippen molar-refractivity contribution in [1.29, 1.82) is 0 Å². The molecule has 0 aliphatic carbocycles. The van der Waals surface area contributed by atoms with Crippen molar-refractivity contribution in [2.75, 3.05) is 13.4 Å². The molecule has 144 valence electrons. The minimum atomic E-state index is -0.464. The van der Waals surface area contributed by atoms with Gasteiger partial charge in [0.25, 0.3) is 0 Å². The lowest BCUT2D eigenvalue weighted by atomic mass is 10.2. The molecule has 3 aromatic rings. The fraction of sp³-hybridized carbons (Fsp3) is 0.158. The Kier molecular flexibility index (Phi) is 5.27. The Morgan fingerprint density at radius 2 is 2.00 bits per heavy atom. The average molecular weight is 510 g/mol. The predicted octanol–water partition coefficient (Wildman–Crippen LogP) is 4.85. The highest BCUT2D eigenvalue weighted by atomic mass is 79.9. The highest BCUT2D eigenvalue weighted by Crippen LogP contribution is 2.37. The zero-order valence-corrected chi connectivity index (χ0v) is 17.8. The van der Waals surface area contributed by atoms with E-state index < -0.39 is 5.91 Å². The lowest BCUT2D eigenvalue weighted by Gasteiger charge is -2.08. The third-order valence-corrected chi connectivity index (χ3v) is 4.98. The molecule has 1 aliphatic heterocycles. The summed E-state index contributed by atoms with van der Waals surface area (Å²) in [5.41, 5.74) is 3.71. The Hall–Kier alpha value is -2.52. The van der Waals surface area contributed by atoms with Crippen LogP contribution >= 0.6 is 31.9 Å². The van der Waals surface area contributed by atoms with Gasteiger partial charge in [0.15, 0.2) is 17.3 Å². The molecular formula is C19H14Br2N2O5. The van der Waals surface area contributed by atoms with Gasteiger partial charge in [0.05, 0.1) is 17.3 Å². The van der Waals surface area contributed by atoms with Gasteiger partial charge in [0, 0.05) is 21.5 Å². The van der Waals surface area contributed by atoms with E-state index in [1.165, 1.54) is 6.21 Å². The number of furan rings is 1. The smallest absolute Gasteiger partial charge is 0.307 e. The summed E-state index contributed by atoms with van der Waals surface area (Å²) in [5, 5.41) is 4.81. The lowest BCUT2D eigenvalue weighted by molar-refractivity contribution is 0.0929. The van der Waals surface area contributed by atoms with Crippen molar-refractivity contribution in [3.05, 3.63) is 50.6 Å². The molecule has 0 unspecified atom stereocenters. The van der Waals surface area contributed by atoms with Gasteiger partial charge in [-0.05, 0) is 47.1 Å². The van der Waals surface area contributed by atoms with Crippen LogP contribution in [0.25, 0.3) is 11.0 Å². The van der Waals surface area contributed by atoms with Gasteiger partial charge in [-0.1, -0.05) is 15.9 Å². The van der Waals surface area contributed by atoms with Gasteiger partial charge in [-0.3, -0.25) is 4.79 Å². The molecule has 0 spiro atoms. The first-order valence-electron chi connectivity index (χ1n) is 8.33. The number of amides is 1. The van der Waals surface area contributed by atoms with Crippen molar-refractivity contribution < 1.29 is 23.4 Å². The topological polar surface area (TPSA) is 82.3 Å². The molecule has 0 saturated carbocycles. The Balaban J connectivity index is 1.53. The molecular weight excluding hydrogens is 496 g/mol. The normalized spacial score (nSPS) is 12.7. The molecule has 1 amide bonds. The molecule has 1 aromatic heterocycles. The van der Waals surface area contributed by atoms with Crippen LogP contribution in [0.4, 0.5) is 0 Å². The maximum Gasteiger partial charge on any atom is 0.307 e. The van der Waals surface area contributed by atoms with Crippen molar-refractivity contribution in [2.45, 2.75) is 6.92 Å². The van der Waals surface area contributed by atoms with Crippen molar-refractivity contribution >= 4 is 55.0 Å². The summed E-state index contributed by atoms with van der Waals surface area (Å²) in [6.07, 6.45) is 1.49.